The van der Waals surface area contributed by atoms with Crippen LogP contribution in [0.5, 0.6) is 0 Å². The van der Waals surface area contributed by atoms with Gasteiger partial charge < -0.3 is 0 Å². The van der Waals surface area contributed by atoms with Gasteiger partial charge in [-0.1, -0.05) is 0 Å². The third-order valence-electron chi connectivity index (χ3n) is 4.40. The van der Waals surface area contributed by atoms with Gasteiger partial charge in [-0.25, -0.2) is 0 Å². The van der Waals surface area contributed by atoms with Gasteiger partial charge in [0.25, 0.3) is 0 Å². The third-order valence-corrected chi connectivity index (χ3v) is 7.19. The molecule has 1 fully saturated rings. The predicted molar refractivity (Wildman–Crippen MR) is 97.5 cm³/mol. The van der Waals surface area contributed by atoms with E-state index in [1.165, 1.54) is 33.6 Å². The maximum atomic E-state index is 6.21. The van der Waals surface area contributed by atoms with Crippen LogP contribution in [0.3, 0.4) is 0 Å². The summed E-state index contributed by atoms with van der Waals surface area (Å²) in [6.07, 6.45) is 2.70. The molecule has 23 heavy (non-hydrogen) atoms. The summed E-state index contributed by atoms with van der Waals surface area (Å²) in [6, 6.07) is 26.3. The van der Waals surface area contributed by atoms with Gasteiger partial charge in [-0.15, -0.1) is 0 Å². The Morgan fingerprint density at radius 1 is 0.826 bits per heavy atom. The van der Waals surface area contributed by atoms with E-state index in [4.69, 9.17) is 4.74 Å². The van der Waals surface area contributed by atoms with Crippen LogP contribution in [0.25, 0.3) is 10.8 Å². The molecule has 0 aliphatic carbocycles. The molecule has 1 heterocycles. The van der Waals surface area contributed by atoms with Crippen molar-refractivity contribution in [3.63, 3.8) is 0 Å². The van der Waals surface area contributed by atoms with E-state index in [1.807, 2.05) is 0 Å². The zero-order chi connectivity index (χ0) is 15.5. The standard InChI is InChI=1S/C21H20OSe/c1-2-9-19(10-3-1)23-20-11-6-14-22-21(20)18-13-12-16-7-4-5-8-17(16)15-18/h1-5,7-10,12-13,15,20-21H,6,11,14H2/t20-,21+/m0/s1. The van der Waals surface area contributed by atoms with Crippen molar-refractivity contribution in [3.8, 4) is 0 Å². The summed E-state index contributed by atoms with van der Waals surface area (Å²) in [7, 11) is 0. The summed E-state index contributed by atoms with van der Waals surface area (Å²) in [5.41, 5.74) is 1.34. The van der Waals surface area contributed by atoms with Gasteiger partial charge in [-0.05, 0) is 0 Å². The SMILES string of the molecule is c1ccc([Se][C@H]2CCCO[C@@H]2c2ccc3ccccc3c2)cc1. The third kappa shape index (κ3) is 3.35. The molecule has 0 unspecified atom stereocenters. The zero-order valence-corrected chi connectivity index (χ0v) is 14.7. The predicted octanol–water partition coefficient (Wildman–Crippen LogP) is 4.51. The van der Waals surface area contributed by atoms with Crippen molar-refractivity contribution in [2.24, 2.45) is 0 Å². The van der Waals surface area contributed by atoms with Crippen LogP contribution in [-0.4, -0.2) is 21.6 Å². The fourth-order valence-electron chi connectivity index (χ4n) is 3.24. The first-order valence-electron chi connectivity index (χ1n) is 8.22. The molecule has 4 rings (SSSR count). The molecule has 3 aromatic carbocycles. The Balaban J connectivity index is 1.63. The van der Waals surface area contributed by atoms with Crippen LogP contribution in [0.1, 0.15) is 24.5 Å². The molecule has 0 spiro atoms. The van der Waals surface area contributed by atoms with Crippen LogP contribution in [0.15, 0.2) is 72.8 Å². The molecule has 1 aliphatic heterocycles. The van der Waals surface area contributed by atoms with E-state index in [-0.39, 0.29) is 6.10 Å². The summed E-state index contributed by atoms with van der Waals surface area (Å²) in [4.78, 5) is 0.625. The normalized spacial score (nSPS) is 21.4. The van der Waals surface area contributed by atoms with E-state index in [9.17, 15) is 0 Å². The van der Waals surface area contributed by atoms with E-state index >= 15 is 0 Å². The van der Waals surface area contributed by atoms with Crippen LogP contribution in [0, 0.1) is 0 Å². The minimum atomic E-state index is 0.244. The van der Waals surface area contributed by atoms with Crippen LogP contribution >= 0.6 is 0 Å². The molecule has 0 saturated carbocycles. The molecule has 0 radical (unpaired) electrons. The number of rotatable bonds is 3. The van der Waals surface area contributed by atoms with Gasteiger partial charge in [0, 0.05) is 0 Å². The van der Waals surface area contributed by atoms with Gasteiger partial charge >= 0.3 is 144 Å². The maximum absolute atomic E-state index is 6.21. The van der Waals surface area contributed by atoms with Crippen LogP contribution in [0.2, 0.25) is 4.82 Å². The molecular weight excluding hydrogens is 347 g/mol. The quantitative estimate of drug-likeness (QED) is 0.619. The van der Waals surface area contributed by atoms with Gasteiger partial charge in [0.1, 0.15) is 0 Å². The van der Waals surface area contributed by atoms with Crippen LogP contribution in [0.4, 0.5) is 0 Å². The molecule has 2 heteroatoms. The van der Waals surface area contributed by atoms with Crippen molar-refractivity contribution in [1.29, 1.82) is 0 Å². The van der Waals surface area contributed by atoms with Crippen molar-refractivity contribution in [3.05, 3.63) is 78.4 Å². The Morgan fingerprint density at radius 3 is 2.48 bits per heavy atom. The topological polar surface area (TPSA) is 9.23 Å². The summed E-state index contributed by atoms with van der Waals surface area (Å²) < 4.78 is 7.69. The Labute approximate surface area is 143 Å². The fourth-order valence-corrected chi connectivity index (χ4v) is 5.99. The molecular formula is C21H20OSe. The second-order valence-corrected chi connectivity index (χ2v) is 8.76. The summed E-state index contributed by atoms with van der Waals surface area (Å²) in [5.74, 6) is 0. The molecule has 1 nitrogen and oxygen atoms in total. The van der Waals surface area contributed by atoms with Crippen molar-refractivity contribution < 1.29 is 4.74 Å². The Hall–Kier alpha value is -1.60. The molecule has 2 atom stereocenters. The Kier molecular flexibility index (Phi) is 4.48. The molecule has 116 valence electrons. The summed E-state index contributed by atoms with van der Waals surface area (Å²) >= 11 is 0.456. The second kappa shape index (κ2) is 6.88. The molecule has 1 saturated heterocycles. The zero-order valence-electron chi connectivity index (χ0n) is 13.0. The van der Waals surface area contributed by atoms with Gasteiger partial charge in [0.15, 0.2) is 0 Å². The van der Waals surface area contributed by atoms with Crippen LogP contribution in [-0.2, 0) is 4.74 Å². The Morgan fingerprint density at radius 2 is 1.61 bits per heavy atom. The van der Waals surface area contributed by atoms with E-state index < -0.39 is 0 Å². The first kappa shape index (κ1) is 15.0. The molecule has 0 amide bonds. The monoisotopic (exact) mass is 368 g/mol. The molecule has 3 aromatic rings. The van der Waals surface area contributed by atoms with Crippen molar-refractivity contribution in [2.75, 3.05) is 6.61 Å². The van der Waals surface area contributed by atoms with Gasteiger partial charge in [-0.3, -0.25) is 0 Å². The van der Waals surface area contributed by atoms with Crippen molar-refractivity contribution in [1.82, 2.24) is 0 Å². The number of hydrogen-bond acceptors (Lipinski definition) is 1. The summed E-state index contributed by atoms with van der Waals surface area (Å²) in [6.45, 7) is 0.888. The van der Waals surface area contributed by atoms with Crippen molar-refractivity contribution >= 4 is 30.2 Å². The van der Waals surface area contributed by atoms with Crippen LogP contribution < -0.4 is 4.46 Å². The van der Waals surface area contributed by atoms with E-state index in [2.05, 4.69) is 72.8 Å². The average Bonchev–Trinajstić information content (AvgIpc) is 2.63. The van der Waals surface area contributed by atoms with Gasteiger partial charge in [0.05, 0.1) is 0 Å². The van der Waals surface area contributed by atoms with E-state index in [1.54, 1.807) is 0 Å². The Bertz CT molecular complexity index is 784. The molecule has 0 N–H and O–H groups in total. The van der Waals surface area contributed by atoms with Crippen molar-refractivity contribution in [2.45, 2.75) is 23.8 Å². The number of ether oxygens (including phenoxy) is 1. The average molecular weight is 367 g/mol. The number of hydrogen-bond donors (Lipinski definition) is 0. The molecule has 1 aliphatic rings. The first-order chi connectivity index (χ1) is 11.4. The number of benzene rings is 3. The second-order valence-electron chi connectivity index (χ2n) is 6.01. The van der Waals surface area contributed by atoms with Gasteiger partial charge in [-0.2, -0.15) is 0 Å². The van der Waals surface area contributed by atoms with Gasteiger partial charge in [0.2, 0.25) is 0 Å². The molecule has 0 aromatic heterocycles. The minimum absolute atomic E-state index is 0.244. The first-order valence-corrected chi connectivity index (χ1v) is 10.1. The fraction of sp³-hybridized carbons (Fsp3) is 0.238. The van der Waals surface area contributed by atoms with E-state index in [0.29, 0.717) is 19.8 Å². The number of fused-ring (bicyclic) bond motifs is 1. The summed E-state index contributed by atoms with van der Waals surface area (Å²) in [5, 5.41) is 2.61. The van der Waals surface area contributed by atoms with E-state index in [0.717, 1.165) is 6.61 Å². The molecule has 0 bridgehead atoms.